The predicted octanol–water partition coefficient (Wildman–Crippen LogP) is 5.59. The molecule has 1 aliphatic heterocycles. The quantitative estimate of drug-likeness (QED) is 0.160. The van der Waals surface area contributed by atoms with E-state index in [1.807, 2.05) is 0 Å². The zero-order valence-electron chi connectivity index (χ0n) is 20.5. The van der Waals surface area contributed by atoms with Gasteiger partial charge in [0.2, 0.25) is 5.75 Å². The Kier molecular flexibility index (Phi) is 7.70. The molecule has 15 heteroatoms. The van der Waals surface area contributed by atoms with Gasteiger partial charge in [0.05, 0.1) is 33.7 Å². The third kappa shape index (κ3) is 5.41. The van der Waals surface area contributed by atoms with E-state index in [-0.39, 0.29) is 33.5 Å². The Hall–Kier alpha value is -5.01. The highest BCUT2D eigenvalue weighted by Crippen LogP contribution is 2.43. The van der Waals surface area contributed by atoms with Crippen molar-refractivity contribution in [2.24, 2.45) is 0 Å². The summed E-state index contributed by atoms with van der Waals surface area (Å²) < 4.78 is 10.9. The van der Waals surface area contributed by atoms with Gasteiger partial charge in [-0.1, -0.05) is 29.3 Å². The van der Waals surface area contributed by atoms with Crippen LogP contribution in [0.5, 0.6) is 17.2 Å². The number of non-ortho nitro benzene ring substituents is 1. The molecule has 0 atom stereocenters. The lowest BCUT2D eigenvalue weighted by Crippen LogP contribution is -2.54. The number of nitro benzene ring substituents is 2. The van der Waals surface area contributed by atoms with E-state index in [4.69, 9.17) is 32.7 Å². The van der Waals surface area contributed by atoms with Gasteiger partial charge in [-0.15, -0.1) is 0 Å². The topological polar surface area (TPSA) is 171 Å². The Morgan fingerprint density at radius 1 is 0.925 bits per heavy atom. The molecule has 4 rings (SSSR count). The van der Waals surface area contributed by atoms with Crippen LogP contribution in [0.4, 0.5) is 21.9 Å². The maximum absolute atomic E-state index is 13.2. The van der Waals surface area contributed by atoms with Crippen LogP contribution in [-0.4, -0.2) is 34.8 Å². The maximum atomic E-state index is 13.2. The third-order valence-corrected chi connectivity index (χ3v) is 6.33. The summed E-state index contributed by atoms with van der Waals surface area (Å²) in [4.78, 5) is 59.8. The predicted molar refractivity (Wildman–Crippen MR) is 143 cm³/mol. The lowest BCUT2D eigenvalue weighted by molar-refractivity contribution is -0.394. The van der Waals surface area contributed by atoms with Gasteiger partial charge in [0.1, 0.15) is 5.57 Å². The lowest BCUT2D eigenvalue weighted by atomic mass is 10.1. The fraction of sp³-hybridized carbons (Fsp3) is 0.0800. The largest absolute Gasteiger partial charge is 0.493 e. The van der Waals surface area contributed by atoms with Crippen molar-refractivity contribution in [1.82, 2.24) is 5.32 Å². The van der Waals surface area contributed by atoms with Gasteiger partial charge in [-0.25, -0.2) is 9.69 Å². The van der Waals surface area contributed by atoms with E-state index < -0.39 is 44.6 Å². The molecule has 0 spiro atoms. The summed E-state index contributed by atoms with van der Waals surface area (Å²) in [6.45, 7) is 1.74. The average Bonchev–Trinajstić information content (AvgIpc) is 2.89. The van der Waals surface area contributed by atoms with E-state index in [2.05, 4.69) is 5.32 Å². The van der Waals surface area contributed by atoms with E-state index in [9.17, 15) is 34.6 Å². The van der Waals surface area contributed by atoms with Gasteiger partial charge in [0, 0.05) is 11.1 Å². The van der Waals surface area contributed by atoms with Crippen molar-refractivity contribution in [3.05, 3.63) is 95.5 Å². The lowest BCUT2D eigenvalue weighted by Gasteiger charge is -2.26. The van der Waals surface area contributed by atoms with Crippen molar-refractivity contribution < 1.29 is 33.7 Å². The molecule has 3 aromatic carbocycles. The Balaban J connectivity index is 1.72. The standard InChI is InChI=1S/C25H16Cl2N4O9/c1-12-3-4-14(10-17(12)26)29-24(33)16(23(32)28-25(29)34)7-13-8-18(27)22(21(9-13)39-2)40-20-6-5-15(30(35)36)11-19(20)31(37)38/h3-11H,1-2H3,(H,28,32,34)/b16-7+. The van der Waals surface area contributed by atoms with Crippen LogP contribution in [0.1, 0.15) is 11.1 Å². The van der Waals surface area contributed by atoms with Crippen LogP contribution in [0.25, 0.3) is 6.08 Å². The van der Waals surface area contributed by atoms with Gasteiger partial charge in [-0.2, -0.15) is 0 Å². The van der Waals surface area contributed by atoms with Gasteiger partial charge in [-0.3, -0.25) is 35.1 Å². The number of halogens is 2. The van der Waals surface area contributed by atoms with E-state index in [0.717, 1.165) is 23.1 Å². The second-order valence-electron chi connectivity index (χ2n) is 8.19. The van der Waals surface area contributed by atoms with Gasteiger partial charge in [0.25, 0.3) is 17.5 Å². The number of aryl methyl sites for hydroxylation is 1. The molecule has 1 N–H and O–H groups in total. The zero-order chi connectivity index (χ0) is 29.3. The molecule has 4 amide bonds. The second-order valence-corrected chi connectivity index (χ2v) is 9.01. The Morgan fingerprint density at radius 2 is 1.65 bits per heavy atom. The number of carbonyl (C=O) groups is 3. The number of benzene rings is 3. The Bertz CT molecular complexity index is 1660. The molecule has 40 heavy (non-hydrogen) atoms. The number of methoxy groups -OCH3 is 1. The van der Waals surface area contributed by atoms with Crippen LogP contribution in [-0.2, 0) is 9.59 Å². The molecule has 1 saturated heterocycles. The molecule has 0 radical (unpaired) electrons. The summed E-state index contributed by atoms with van der Waals surface area (Å²) >= 11 is 12.5. The molecule has 3 aromatic rings. The minimum Gasteiger partial charge on any atom is -0.493 e. The molecule has 1 aliphatic rings. The van der Waals surface area contributed by atoms with E-state index in [1.165, 1.54) is 37.5 Å². The van der Waals surface area contributed by atoms with Crippen LogP contribution in [0.3, 0.4) is 0 Å². The summed E-state index contributed by atoms with van der Waals surface area (Å²) in [6, 6.07) is 8.95. The number of nitrogens with one attached hydrogen (secondary N) is 1. The summed E-state index contributed by atoms with van der Waals surface area (Å²) in [6.07, 6.45) is 1.17. The van der Waals surface area contributed by atoms with Crippen LogP contribution >= 0.6 is 23.2 Å². The minimum absolute atomic E-state index is 0.0473. The normalized spacial score (nSPS) is 14.2. The van der Waals surface area contributed by atoms with Gasteiger partial charge in [-0.05, 0) is 54.5 Å². The summed E-state index contributed by atoms with van der Waals surface area (Å²) in [5.41, 5.74) is -0.582. The van der Waals surface area contributed by atoms with E-state index in [0.29, 0.717) is 10.6 Å². The number of hydrogen-bond acceptors (Lipinski definition) is 9. The molecule has 0 saturated carbocycles. The van der Waals surface area contributed by atoms with Crippen molar-refractivity contribution in [2.45, 2.75) is 6.92 Å². The fourth-order valence-corrected chi connectivity index (χ4v) is 4.09. The molecule has 13 nitrogen and oxygen atoms in total. The Labute approximate surface area is 234 Å². The number of imide groups is 2. The molecule has 1 heterocycles. The van der Waals surface area contributed by atoms with Crippen molar-refractivity contribution in [3.63, 3.8) is 0 Å². The molecule has 204 valence electrons. The number of nitrogens with zero attached hydrogens (tertiary/aromatic N) is 3. The third-order valence-electron chi connectivity index (χ3n) is 5.64. The number of hydrogen-bond donors (Lipinski definition) is 1. The molecular weight excluding hydrogens is 571 g/mol. The first-order valence-electron chi connectivity index (χ1n) is 11.1. The smallest absolute Gasteiger partial charge is 0.335 e. The summed E-state index contributed by atoms with van der Waals surface area (Å²) in [5.74, 6) is -2.45. The number of carbonyl (C=O) groups excluding carboxylic acids is 3. The molecule has 0 unspecified atom stereocenters. The number of ether oxygens (including phenoxy) is 2. The fourth-order valence-electron chi connectivity index (χ4n) is 3.66. The highest BCUT2D eigenvalue weighted by molar-refractivity contribution is 6.39. The number of anilines is 1. The molecular formula is C25H16Cl2N4O9. The maximum Gasteiger partial charge on any atom is 0.335 e. The van der Waals surface area contributed by atoms with E-state index >= 15 is 0 Å². The summed E-state index contributed by atoms with van der Waals surface area (Å²) in [5, 5.41) is 24.7. The second kappa shape index (κ2) is 11.0. The molecule has 0 bridgehead atoms. The highest BCUT2D eigenvalue weighted by Gasteiger charge is 2.37. The van der Waals surface area contributed by atoms with Gasteiger partial charge >= 0.3 is 11.7 Å². The SMILES string of the molecule is COc1cc(/C=C2\C(=O)NC(=O)N(c3ccc(C)c(Cl)c3)C2=O)cc(Cl)c1Oc1ccc([N+](=O)[O-])cc1[N+](=O)[O-]. The first-order valence-corrected chi connectivity index (χ1v) is 11.8. The van der Waals surface area contributed by atoms with Crippen LogP contribution < -0.4 is 19.7 Å². The molecule has 0 aromatic heterocycles. The van der Waals surface area contributed by atoms with Crippen LogP contribution in [0.15, 0.2) is 54.1 Å². The number of nitro groups is 2. The first kappa shape index (κ1) is 28.0. The van der Waals surface area contributed by atoms with Crippen molar-refractivity contribution in [1.29, 1.82) is 0 Å². The number of rotatable bonds is 7. The van der Waals surface area contributed by atoms with Crippen molar-refractivity contribution in [2.75, 3.05) is 12.0 Å². The molecule has 1 fully saturated rings. The van der Waals surface area contributed by atoms with E-state index in [1.54, 1.807) is 13.0 Å². The van der Waals surface area contributed by atoms with Crippen molar-refractivity contribution in [3.8, 4) is 17.2 Å². The highest BCUT2D eigenvalue weighted by atomic mass is 35.5. The monoisotopic (exact) mass is 586 g/mol. The number of barbiturate groups is 1. The summed E-state index contributed by atoms with van der Waals surface area (Å²) in [7, 11) is 1.25. The number of urea groups is 1. The first-order chi connectivity index (χ1) is 18.9. The Morgan fingerprint density at radius 3 is 2.27 bits per heavy atom. The zero-order valence-corrected chi connectivity index (χ0v) is 22.0. The van der Waals surface area contributed by atoms with Crippen LogP contribution in [0.2, 0.25) is 10.0 Å². The average molecular weight is 587 g/mol. The van der Waals surface area contributed by atoms with Gasteiger partial charge < -0.3 is 9.47 Å². The van der Waals surface area contributed by atoms with Gasteiger partial charge in [0.15, 0.2) is 11.5 Å². The van der Waals surface area contributed by atoms with Crippen LogP contribution in [0, 0.1) is 27.2 Å². The molecule has 0 aliphatic carbocycles. The minimum atomic E-state index is -0.962. The number of amides is 4. The van der Waals surface area contributed by atoms with Crippen molar-refractivity contribution >= 4 is 64.2 Å².